The van der Waals surface area contributed by atoms with E-state index in [4.69, 9.17) is 4.42 Å². The van der Waals surface area contributed by atoms with E-state index in [2.05, 4.69) is 10.3 Å². The molecule has 0 spiro atoms. The molecule has 0 radical (unpaired) electrons. The fraction of sp³-hybridized carbons (Fsp3) is 0.176. The highest BCUT2D eigenvalue weighted by molar-refractivity contribution is 7.85. The first kappa shape index (κ1) is 15.4. The van der Waals surface area contributed by atoms with Gasteiger partial charge in [-0.25, -0.2) is 4.98 Å². The van der Waals surface area contributed by atoms with Gasteiger partial charge in [-0.05, 0) is 30.3 Å². The SMILES string of the molecule is CC[S@](=O)c1ccccc1C(=O)Nc1ccc2oc(C)nc2c1. The van der Waals surface area contributed by atoms with E-state index in [-0.39, 0.29) is 5.91 Å². The van der Waals surface area contributed by atoms with Crippen LogP contribution in [0.25, 0.3) is 11.1 Å². The molecule has 0 bridgehead atoms. The summed E-state index contributed by atoms with van der Waals surface area (Å²) < 4.78 is 17.5. The van der Waals surface area contributed by atoms with E-state index >= 15 is 0 Å². The molecule has 1 amide bonds. The van der Waals surface area contributed by atoms with Crippen LogP contribution in [0.2, 0.25) is 0 Å². The van der Waals surface area contributed by atoms with Crippen molar-refractivity contribution in [1.29, 1.82) is 0 Å². The molecule has 1 N–H and O–H groups in total. The Bertz CT molecular complexity index is 902. The van der Waals surface area contributed by atoms with E-state index in [9.17, 15) is 9.00 Å². The van der Waals surface area contributed by atoms with Gasteiger partial charge in [0.15, 0.2) is 11.5 Å². The highest BCUT2D eigenvalue weighted by Gasteiger charge is 2.15. The fourth-order valence-corrected chi connectivity index (χ4v) is 3.27. The van der Waals surface area contributed by atoms with Gasteiger partial charge in [0.25, 0.3) is 5.91 Å². The predicted molar refractivity (Wildman–Crippen MR) is 90.1 cm³/mol. The molecule has 0 unspecified atom stereocenters. The minimum absolute atomic E-state index is 0.290. The second-order valence-electron chi connectivity index (χ2n) is 5.00. The second kappa shape index (κ2) is 6.34. The van der Waals surface area contributed by atoms with Gasteiger partial charge in [0.1, 0.15) is 5.52 Å². The third kappa shape index (κ3) is 3.17. The van der Waals surface area contributed by atoms with Gasteiger partial charge in [0.05, 0.1) is 21.3 Å². The average Bonchev–Trinajstić information content (AvgIpc) is 2.93. The number of amides is 1. The zero-order valence-electron chi connectivity index (χ0n) is 12.8. The Kier molecular flexibility index (Phi) is 4.25. The van der Waals surface area contributed by atoms with Crippen LogP contribution < -0.4 is 5.32 Å². The molecular formula is C17H16N2O3S. The van der Waals surface area contributed by atoms with Gasteiger partial charge in [-0.1, -0.05) is 19.1 Å². The van der Waals surface area contributed by atoms with E-state index in [0.717, 1.165) is 0 Å². The van der Waals surface area contributed by atoms with Crippen LogP contribution in [0.3, 0.4) is 0 Å². The number of benzene rings is 2. The lowest BCUT2D eigenvalue weighted by atomic mass is 10.2. The summed E-state index contributed by atoms with van der Waals surface area (Å²) in [5.74, 6) is 0.753. The summed E-state index contributed by atoms with van der Waals surface area (Å²) in [5, 5.41) is 2.82. The van der Waals surface area contributed by atoms with Gasteiger partial charge < -0.3 is 9.73 Å². The highest BCUT2D eigenvalue weighted by Crippen LogP contribution is 2.21. The Morgan fingerprint density at radius 3 is 2.83 bits per heavy atom. The fourth-order valence-electron chi connectivity index (χ4n) is 2.33. The van der Waals surface area contributed by atoms with Crippen molar-refractivity contribution in [2.24, 2.45) is 0 Å². The molecule has 3 rings (SSSR count). The van der Waals surface area contributed by atoms with E-state index < -0.39 is 10.8 Å². The molecule has 0 fully saturated rings. The molecule has 6 heteroatoms. The van der Waals surface area contributed by atoms with Gasteiger partial charge in [-0.2, -0.15) is 0 Å². The minimum Gasteiger partial charge on any atom is -0.441 e. The second-order valence-corrected chi connectivity index (χ2v) is 6.71. The third-order valence-corrected chi connectivity index (χ3v) is 4.76. The molecule has 0 saturated heterocycles. The third-order valence-electron chi connectivity index (χ3n) is 3.39. The molecule has 3 aromatic rings. The summed E-state index contributed by atoms with van der Waals surface area (Å²) in [7, 11) is -1.19. The largest absolute Gasteiger partial charge is 0.441 e. The van der Waals surface area contributed by atoms with Gasteiger partial charge in [-0.3, -0.25) is 9.00 Å². The number of hydrogen-bond donors (Lipinski definition) is 1. The summed E-state index contributed by atoms with van der Waals surface area (Å²) in [6.07, 6.45) is 0. The maximum atomic E-state index is 12.5. The van der Waals surface area contributed by atoms with Gasteiger partial charge in [-0.15, -0.1) is 0 Å². The molecule has 5 nitrogen and oxygen atoms in total. The van der Waals surface area contributed by atoms with Gasteiger partial charge in [0, 0.05) is 18.4 Å². The van der Waals surface area contributed by atoms with Crippen LogP contribution in [0.5, 0.6) is 0 Å². The number of hydrogen-bond acceptors (Lipinski definition) is 4. The maximum Gasteiger partial charge on any atom is 0.256 e. The number of carbonyl (C=O) groups is 1. The van der Waals surface area contributed by atoms with E-state index in [0.29, 0.717) is 38.9 Å². The molecular weight excluding hydrogens is 312 g/mol. The van der Waals surface area contributed by atoms with Crippen LogP contribution in [0.15, 0.2) is 51.8 Å². The molecule has 0 aliphatic rings. The molecule has 1 heterocycles. The van der Waals surface area contributed by atoms with Crippen molar-refractivity contribution in [2.45, 2.75) is 18.7 Å². The van der Waals surface area contributed by atoms with Crippen molar-refractivity contribution in [3.8, 4) is 0 Å². The normalized spacial score (nSPS) is 12.3. The quantitative estimate of drug-likeness (QED) is 0.795. The van der Waals surface area contributed by atoms with Gasteiger partial charge in [0.2, 0.25) is 0 Å². The van der Waals surface area contributed by atoms with Crippen molar-refractivity contribution in [2.75, 3.05) is 11.1 Å². The number of aromatic nitrogens is 1. The van der Waals surface area contributed by atoms with Crippen LogP contribution in [-0.4, -0.2) is 20.9 Å². The Morgan fingerprint density at radius 2 is 2.04 bits per heavy atom. The number of nitrogens with zero attached hydrogens (tertiary/aromatic N) is 1. The van der Waals surface area contributed by atoms with Crippen LogP contribution in [0.1, 0.15) is 23.2 Å². The molecule has 1 atom stereocenters. The number of fused-ring (bicyclic) bond motifs is 1. The Hall–Kier alpha value is -2.47. The molecule has 118 valence electrons. The van der Waals surface area contributed by atoms with E-state index in [1.54, 1.807) is 49.4 Å². The molecule has 0 aliphatic heterocycles. The summed E-state index contributed by atoms with van der Waals surface area (Å²) in [6.45, 7) is 3.60. The lowest BCUT2D eigenvalue weighted by molar-refractivity contribution is 0.102. The van der Waals surface area contributed by atoms with E-state index in [1.807, 2.05) is 6.92 Å². The van der Waals surface area contributed by atoms with Crippen molar-refractivity contribution in [1.82, 2.24) is 4.98 Å². The first-order valence-electron chi connectivity index (χ1n) is 7.24. The number of aryl methyl sites for hydroxylation is 1. The summed E-state index contributed by atoms with van der Waals surface area (Å²) in [6, 6.07) is 12.2. The number of nitrogens with one attached hydrogen (secondary N) is 1. The Labute approximate surface area is 136 Å². The van der Waals surface area contributed by atoms with Gasteiger partial charge >= 0.3 is 0 Å². The molecule has 1 aromatic heterocycles. The van der Waals surface area contributed by atoms with Crippen LogP contribution in [0.4, 0.5) is 5.69 Å². The van der Waals surface area contributed by atoms with Crippen molar-refractivity contribution < 1.29 is 13.4 Å². The van der Waals surface area contributed by atoms with E-state index in [1.165, 1.54) is 0 Å². The molecule has 0 aliphatic carbocycles. The molecule has 0 saturated carbocycles. The monoisotopic (exact) mass is 328 g/mol. The predicted octanol–water partition coefficient (Wildman–Crippen LogP) is 3.52. The Morgan fingerprint density at radius 1 is 1.26 bits per heavy atom. The highest BCUT2D eigenvalue weighted by atomic mass is 32.2. The van der Waals surface area contributed by atoms with Crippen molar-refractivity contribution >= 4 is 33.5 Å². The minimum atomic E-state index is -1.19. The lowest BCUT2D eigenvalue weighted by Gasteiger charge is -2.09. The summed E-state index contributed by atoms with van der Waals surface area (Å²) in [4.78, 5) is 17.3. The first-order valence-corrected chi connectivity index (χ1v) is 8.56. The zero-order valence-corrected chi connectivity index (χ0v) is 13.6. The standard InChI is InChI=1S/C17H16N2O3S/c1-3-23(21)16-7-5-4-6-13(16)17(20)19-12-8-9-15-14(10-12)18-11(2)22-15/h4-10H,3H2,1-2H3,(H,19,20)/t23-/m0/s1. The average molecular weight is 328 g/mol. The summed E-state index contributed by atoms with van der Waals surface area (Å²) in [5.41, 5.74) is 2.40. The molecule has 23 heavy (non-hydrogen) atoms. The topological polar surface area (TPSA) is 72.2 Å². The zero-order chi connectivity index (χ0) is 16.4. The lowest BCUT2D eigenvalue weighted by Crippen LogP contribution is -2.15. The van der Waals surface area contributed by atoms with Crippen LogP contribution in [0, 0.1) is 6.92 Å². The Balaban J connectivity index is 1.90. The van der Waals surface area contributed by atoms with Crippen LogP contribution >= 0.6 is 0 Å². The smallest absolute Gasteiger partial charge is 0.256 e. The summed E-state index contributed by atoms with van der Waals surface area (Å²) >= 11 is 0. The number of oxazole rings is 1. The van der Waals surface area contributed by atoms with Crippen LogP contribution in [-0.2, 0) is 10.8 Å². The maximum absolute atomic E-state index is 12.5. The van der Waals surface area contributed by atoms with Crippen molar-refractivity contribution in [3.05, 3.63) is 53.9 Å². The number of anilines is 1. The first-order chi connectivity index (χ1) is 11.1. The number of carbonyl (C=O) groups excluding carboxylic acids is 1. The van der Waals surface area contributed by atoms with Crippen molar-refractivity contribution in [3.63, 3.8) is 0 Å². The molecule has 2 aromatic carbocycles. The number of rotatable bonds is 4.